The normalized spacial score (nSPS) is 12.6. The molecule has 0 bridgehead atoms. The Labute approximate surface area is 152 Å². The summed E-state index contributed by atoms with van der Waals surface area (Å²) in [4.78, 5) is 12.3. The Bertz CT molecular complexity index is 470. The molecule has 1 rings (SSSR count). The quantitative estimate of drug-likeness (QED) is 0.557. The highest BCUT2D eigenvalue weighted by Crippen LogP contribution is 2.18. The number of urea groups is 1. The molecule has 0 saturated carbocycles. The zero-order chi connectivity index (χ0) is 18.5. The monoisotopic (exact) mass is 368 g/mol. The average Bonchev–Trinajstić information content (AvgIpc) is 2.61. The van der Waals surface area contributed by atoms with E-state index < -0.39 is 8.80 Å². The standard InChI is InChI=1S/C18H32N2O4Si/c1-5-17(25(22-6-2,23-7-3)24-8-4)20-18(21)19-15-14-16-12-10-9-11-13-16/h9-13,17H,5-8,14-15H2,1-4H3,(H2,19,20,21). The molecule has 1 unspecified atom stereocenters. The minimum Gasteiger partial charge on any atom is -0.373 e. The number of rotatable bonds is 12. The maximum absolute atomic E-state index is 12.3. The first-order chi connectivity index (χ1) is 12.1. The largest absolute Gasteiger partial charge is 0.524 e. The summed E-state index contributed by atoms with van der Waals surface area (Å²) in [7, 11) is -2.96. The molecule has 1 aromatic rings. The molecule has 0 spiro atoms. The highest BCUT2D eigenvalue weighted by molar-refractivity contribution is 6.62. The molecule has 0 fully saturated rings. The number of nitrogens with one attached hydrogen (secondary N) is 2. The van der Waals surface area contributed by atoms with Crippen molar-refractivity contribution in [2.75, 3.05) is 26.4 Å². The van der Waals surface area contributed by atoms with Crippen molar-refractivity contribution < 1.29 is 18.1 Å². The fourth-order valence-electron chi connectivity index (χ4n) is 2.65. The second-order valence-corrected chi connectivity index (χ2v) is 8.27. The minimum absolute atomic E-state index is 0.223. The maximum Gasteiger partial charge on any atom is 0.524 e. The molecule has 0 saturated heterocycles. The summed E-state index contributed by atoms with van der Waals surface area (Å²) in [6, 6.07) is 9.84. The van der Waals surface area contributed by atoms with Gasteiger partial charge < -0.3 is 23.9 Å². The minimum atomic E-state index is -2.96. The zero-order valence-electron chi connectivity index (χ0n) is 15.8. The van der Waals surface area contributed by atoms with Crippen LogP contribution in [0.3, 0.4) is 0 Å². The second kappa shape index (κ2) is 12.0. The molecule has 0 heterocycles. The van der Waals surface area contributed by atoms with Crippen LogP contribution in [0.15, 0.2) is 30.3 Å². The van der Waals surface area contributed by atoms with Crippen molar-refractivity contribution >= 4 is 14.8 Å². The molecule has 2 amide bonds. The highest BCUT2D eigenvalue weighted by atomic mass is 28.4. The third kappa shape index (κ3) is 7.15. The van der Waals surface area contributed by atoms with Crippen LogP contribution in [0.5, 0.6) is 0 Å². The van der Waals surface area contributed by atoms with Gasteiger partial charge in [0.05, 0.1) is 0 Å². The second-order valence-electron chi connectivity index (χ2n) is 5.50. The molecule has 0 radical (unpaired) electrons. The van der Waals surface area contributed by atoms with Gasteiger partial charge >= 0.3 is 14.8 Å². The average molecular weight is 369 g/mol. The van der Waals surface area contributed by atoms with E-state index in [1.165, 1.54) is 5.56 Å². The Kier molecular flexibility index (Phi) is 10.4. The number of carbonyl (C=O) groups excluding carboxylic acids is 1. The number of benzene rings is 1. The first-order valence-corrected chi connectivity index (χ1v) is 10.9. The molecule has 6 nitrogen and oxygen atoms in total. The van der Waals surface area contributed by atoms with E-state index in [2.05, 4.69) is 10.6 Å². The summed E-state index contributed by atoms with van der Waals surface area (Å²) in [5.41, 5.74) is 0.917. The van der Waals surface area contributed by atoms with Gasteiger partial charge in [0, 0.05) is 26.4 Å². The highest BCUT2D eigenvalue weighted by Gasteiger charge is 2.49. The van der Waals surface area contributed by atoms with Crippen molar-refractivity contribution in [3.05, 3.63) is 35.9 Å². The van der Waals surface area contributed by atoms with E-state index in [0.29, 0.717) is 32.8 Å². The van der Waals surface area contributed by atoms with Crippen LogP contribution in [0, 0.1) is 0 Å². The summed E-state index contributed by atoms with van der Waals surface area (Å²) in [5.74, 6) is 0. The first kappa shape index (κ1) is 21.6. The Balaban J connectivity index is 2.62. The van der Waals surface area contributed by atoms with Crippen molar-refractivity contribution in [1.29, 1.82) is 0 Å². The van der Waals surface area contributed by atoms with Crippen molar-refractivity contribution in [2.45, 2.75) is 46.2 Å². The summed E-state index contributed by atoms with van der Waals surface area (Å²) < 4.78 is 17.7. The molecule has 0 aliphatic carbocycles. The Hall–Kier alpha value is -1.41. The van der Waals surface area contributed by atoms with Gasteiger partial charge in [0.1, 0.15) is 5.67 Å². The molecule has 2 N–H and O–H groups in total. The Morgan fingerprint density at radius 2 is 1.56 bits per heavy atom. The third-order valence-electron chi connectivity index (χ3n) is 3.72. The molecule has 7 heteroatoms. The van der Waals surface area contributed by atoms with E-state index in [1.54, 1.807) is 0 Å². The van der Waals surface area contributed by atoms with E-state index in [0.717, 1.165) is 6.42 Å². The number of amides is 2. The lowest BCUT2D eigenvalue weighted by molar-refractivity contribution is 0.0583. The number of hydrogen-bond acceptors (Lipinski definition) is 4. The summed E-state index contributed by atoms with van der Waals surface area (Å²) in [5, 5.41) is 5.88. The SMILES string of the molecule is CCO[Si](OCC)(OCC)C(CC)NC(=O)NCCc1ccccc1. The fourth-order valence-corrected chi connectivity index (χ4v) is 5.51. The van der Waals surface area contributed by atoms with Crippen LogP contribution in [-0.2, 0) is 19.7 Å². The topological polar surface area (TPSA) is 68.8 Å². The smallest absolute Gasteiger partial charge is 0.373 e. The van der Waals surface area contributed by atoms with Crippen LogP contribution < -0.4 is 10.6 Å². The summed E-state index contributed by atoms with van der Waals surface area (Å²) in [6.07, 6.45) is 1.47. The molecule has 0 aliphatic heterocycles. The van der Waals surface area contributed by atoms with Crippen LogP contribution in [-0.4, -0.2) is 46.9 Å². The van der Waals surface area contributed by atoms with Gasteiger partial charge in [-0.05, 0) is 39.2 Å². The molecule has 142 valence electrons. The van der Waals surface area contributed by atoms with Gasteiger partial charge in [-0.1, -0.05) is 37.3 Å². The van der Waals surface area contributed by atoms with Crippen molar-refractivity contribution in [3.63, 3.8) is 0 Å². The van der Waals surface area contributed by atoms with Crippen LogP contribution >= 0.6 is 0 Å². The van der Waals surface area contributed by atoms with E-state index in [-0.39, 0.29) is 11.7 Å². The predicted octanol–water partition coefficient (Wildman–Crippen LogP) is 2.89. The molecule has 0 aromatic heterocycles. The van der Waals surface area contributed by atoms with Gasteiger partial charge in [0.25, 0.3) is 0 Å². The lowest BCUT2D eigenvalue weighted by Crippen LogP contribution is -2.64. The van der Waals surface area contributed by atoms with E-state index in [9.17, 15) is 4.79 Å². The fraction of sp³-hybridized carbons (Fsp3) is 0.611. The van der Waals surface area contributed by atoms with Crippen LogP contribution in [0.2, 0.25) is 0 Å². The van der Waals surface area contributed by atoms with Crippen molar-refractivity contribution in [3.8, 4) is 0 Å². The van der Waals surface area contributed by atoms with Crippen LogP contribution in [0.25, 0.3) is 0 Å². The van der Waals surface area contributed by atoms with E-state index in [1.807, 2.05) is 58.0 Å². The summed E-state index contributed by atoms with van der Waals surface area (Å²) >= 11 is 0. The third-order valence-corrected chi connectivity index (χ3v) is 7.20. The Morgan fingerprint density at radius 1 is 1.00 bits per heavy atom. The van der Waals surface area contributed by atoms with Crippen LogP contribution in [0.1, 0.15) is 39.7 Å². The molecule has 1 atom stereocenters. The molecule has 0 aliphatic rings. The first-order valence-electron chi connectivity index (χ1n) is 9.11. The van der Waals surface area contributed by atoms with Gasteiger partial charge in [-0.15, -0.1) is 0 Å². The van der Waals surface area contributed by atoms with Gasteiger partial charge in [0.2, 0.25) is 0 Å². The van der Waals surface area contributed by atoms with Gasteiger partial charge in [-0.2, -0.15) is 0 Å². The molecular formula is C18H32N2O4Si. The lowest BCUT2D eigenvalue weighted by atomic mass is 10.1. The van der Waals surface area contributed by atoms with Crippen molar-refractivity contribution in [2.24, 2.45) is 0 Å². The van der Waals surface area contributed by atoms with E-state index in [4.69, 9.17) is 13.3 Å². The van der Waals surface area contributed by atoms with Gasteiger partial charge in [-0.3, -0.25) is 0 Å². The zero-order valence-corrected chi connectivity index (χ0v) is 16.8. The Morgan fingerprint density at radius 3 is 2.04 bits per heavy atom. The van der Waals surface area contributed by atoms with Crippen LogP contribution in [0.4, 0.5) is 4.79 Å². The number of carbonyl (C=O) groups is 1. The predicted molar refractivity (Wildman–Crippen MR) is 101 cm³/mol. The van der Waals surface area contributed by atoms with E-state index >= 15 is 0 Å². The summed E-state index contributed by atoms with van der Waals surface area (Å²) in [6.45, 7) is 9.75. The van der Waals surface area contributed by atoms with Gasteiger partial charge in [-0.25, -0.2) is 4.79 Å². The van der Waals surface area contributed by atoms with Gasteiger partial charge in [0.15, 0.2) is 0 Å². The lowest BCUT2D eigenvalue weighted by Gasteiger charge is -2.35. The number of hydrogen-bond donors (Lipinski definition) is 2. The molecular weight excluding hydrogens is 336 g/mol. The molecule has 25 heavy (non-hydrogen) atoms. The maximum atomic E-state index is 12.3. The van der Waals surface area contributed by atoms with Crippen molar-refractivity contribution in [1.82, 2.24) is 10.6 Å². The molecule has 1 aromatic carbocycles.